The summed E-state index contributed by atoms with van der Waals surface area (Å²) in [5, 5.41) is 11.8. The van der Waals surface area contributed by atoms with E-state index in [1.54, 1.807) is 42.3 Å². The van der Waals surface area contributed by atoms with Crippen molar-refractivity contribution in [2.24, 2.45) is 0 Å². The highest BCUT2D eigenvalue weighted by atomic mass is 16.4. The number of hydrogen-bond acceptors (Lipinski definition) is 3. The Kier molecular flexibility index (Phi) is 9.47. The summed E-state index contributed by atoms with van der Waals surface area (Å²) >= 11 is 0. The number of carboxylic acids is 1. The van der Waals surface area contributed by atoms with Crippen molar-refractivity contribution in [1.29, 1.82) is 0 Å². The van der Waals surface area contributed by atoms with Gasteiger partial charge in [-0.2, -0.15) is 0 Å². The van der Waals surface area contributed by atoms with Crippen LogP contribution in [0.3, 0.4) is 0 Å². The molecule has 0 unspecified atom stereocenters. The second-order valence-corrected chi connectivity index (χ2v) is 9.81. The lowest BCUT2D eigenvalue weighted by atomic mass is 9.95. The maximum Gasteiger partial charge on any atom is 0.303 e. The van der Waals surface area contributed by atoms with Gasteiger partial charge in [-0.1, -0.05) is 79.2 Å². The number of amides is 2. The normalized spacial score (nSPS) is 10.7. The van der Waals surface area contributed by atoms with Gasteiger partial charge in [0.1, 0.15) is 0 Å². The molecule has 4 aromatic carbocycles. The Hall–Kier alpha value is -4.71. The molecular formula is C34H34N2O4. The van der Waals surface area contributed by atoms with Crippen LogP contribution in [0.2, 0.25) is 0 Å². The summed E-state index contributed by atoms with van der Waals surface area (Å²) in [7, 11) is 1.73. The zero-order chi connectivity index (χ0) is 28.5. The number of benzene rings is 4. The van der Waals surface area contributed by atoms with Gasteiger partial charge in [0, 0.05) is 24.7 Å². The van der Waals surface area contributed by atoms with Crippen LogP contribution in [0.1, 0.15) is 57.5 Å². The minimum Gasteiger partial charge on any atom is -0.481 e. The molecule has 0 aliphatic rings. The fourth-order valence-corrected chi connectivity index (χ4v) is 4.87. The number of unbranched alkanes of at least 4 members (excludes halogenated alkanes) is 2. The van der Waals surface area contributed by atoms with Gasteiger partial charge in [-0.25, -0.2) is 0 Å². The zero-order valence-electron chi connectivity index (χ0n) is 22.9. The summed E-state index contributed by atoms with van der Waals surface area (Å²) < 4.78 is 0. The number of nitrogens with one attached hydrogen (secondary N) is 1. The predicted molar refractivity (Wildman–Crippen MR) is 160 cm³/mol. The van der Waals surface area contributed by atoms with Crippen molar-refractivity contribution in [3.8, 4) is 11.1 Å². The van der Waals surface area contributed by atoms with Crippen LogP contribution in [0, 0.1) is 6.92 Å². The third kappa shape index (κ3) is 6.83. The number of aryl methyl sites for hydroxylation is 2. The van der Waals surface area contributed by atoms with Gasteiger partial charge in [-0.05, 0) is 72.7 Å². The first-order valence-electron chi connectivity index (χ1n) is 13.5. The van der Waals surface area contributed by atoms with Gasteiger partial charge in [-0.15, -0.1) is 0 Å². The smallest absolute Gasteiger partial charge is 0.303 e. The Labute approximate surface area is 235 Å². The number of carboxylic acid groups (broad SMARTS) is 1. The highest BCUT2D eigenvalue weighted by Gasteiger charge is 2.21. The van der Waals surface area contributed by atoms with Crippen molar-refractivity contribution < 1.29 is 19.5 Å². The average molecular weight is 535 g/mol. The molecule has 0 saturated carbocycles. The lowest BCUT2D eigenvalue weighted by Crippen LogP contribution is -2.28. The van der Waals surface area contributed by atoms with Crippen LogP contribution in [0.5, 0.6) is 0 Å². The first kappa shape index (κ1) is 28.3. The minimum atomic E-state index is -0.782. The van der Waals surface area contributed by atoms with Gasteiger partial charge in [0.05, 0.1) is 11.3 Å². The number of hydrogen-bond donors (Lipinski definition) is 2. The number of para-hydroxylation sites is 2. The maximum absolute atomic E-state index is 13.7. The van der Waals surface area contributed by atoms with Gasteiger partial charge in [-0.3, -0.25) is 14.4 Å². The van der Waals surface area contributed by atoms with Crippen LogP contribution in [0.15, 0.2) is 97.1 Å². The molecule has 2 N–H and O–H groups in total. The number of nitrogens with zero attached hydrogens (tertiary/aromatic N) is 1. The van der Waals surface area contributed by atoms with Crippen molar-refractivity contribution in [3.05, 3.63) is 119 Å². The van der Waals surface area contributed by atoms with Crippen LogP contribution in [-0.2, 0) is 11.2 Å². The molecule has 0 atom stereocenters. The first-order chi connectivity index (χ1) is 19.4. The molecule has 6 heteroatoms. The molecule has 0 aliphatic carbocycles. The zero-order valence-corrected chi connectivity index (χ0v) is 22.9. The third-order valence-electron chi connectivity index (χ3n) is 7.01. The summed E-state index contributed by atoms with van der Waals surface area (Å²) in [5.74, 6) is -1.31. The topological polar surface area (TPSA) is 86.7 Å². The van der Waals surface area contributed by atoms with E-state index in [2.05, 4.69) is 5.32 Å². The standard InChI is InChI=1S/C34H34N2O4/c1-24-14-6-8-17-26(24)27-18-9-10-19-28(27)33(39)35-30-21-12-11-20-29(30)34(40)36(2)31-22-13-7-16-25(31)15-4-3-5-23-32(37)38/h6-14,16-22H,3-5,15,23H2,1-2H3,(H,35,39)(H,37,38). The summed E-state index contributed by atoms with van der Waals surface area (Å²) in [6.45, 7) is 2.02. The molecule has 0 fully saturated rings. The van der Waals surface area contributed by atoms with Crippen molar-refractivity contribution in [2.75, 3.05) is 17.3 Å². The predicted octanol–water partition coefficient (Wildman–Crippen LogP) is 7.38. The Morgan fingerprint density at radius 2 is 1.35 bits per heavy atom. The van der Waals surface area contributed by atoms with Crippen LogP contribution in [0.4, 0.5) is 11.4 Å². The molecule has 4 rings (SSSR count). The van der Waals surface area contributed by atoms with Crippen molar-refractivity contribution >= 4 is 29.2 Å². The number of anilines is 2. The van der Waals surface area contributed by atoms with E-state index in [9.17, 15) is 14.4 Å². The molecule has 0 aromatic heterocycles. The molecule has 2 amide bonds. The Bertz CT molecular complexity index is 1510. The van der Waals surface area contributed by atoms with E-state index in [4.69, 9.17) is 5.11 Å². The number of aliphatic carboxylic acids is 1. The number of rotatable bonds is 11. The van der Waals surface area contributed by atoms with Gasteiger partial charge in [0.2, 0.25) is 0 Å². The molecule has 0 spiro atoms. The van der Waals surface area contributed by atoms with Crippen LogP contribution < -0.4 is 10.2 Å². The quantitative estimate of drug-likeness (QED) is 0.197. The second-order valence-electron chi connectivity index (χ2n) is 9.81. The largest absolute Gasteiger partial charge is 0.481 e. The molecule has 6 nitrogen and oxygen atoms in total. The summed E-state index contributed by atoms with van der Waals surface area (Å²) in [6, 6.07) is 30.2. The van der Waals surface area contributed by atoms with Crippen molar-refractivity contribution in [1.82, 2.24) is 0 Å². The van der Waals surface area contributed by atoms with E-state index in [0.717, 1.165) is 47.2 Å². The fourth-order valence-electron chi connectivity index (χ4n) is 4.87. The minimum absolute atomic E-state index is 0.165. The molecule has 4 aromatic rings. The molecule has 0 aliphatic heterocycles. The van der Waals surface area contributed by atoms with Crippen molar-refractivity contribution in [2.45, 2.75) is 39.0 Å². The molecular weight excluding hydrogens is 500 g/mol. The summed E-state index contributed by atoms with van der Waals surface area (Å²) in [5.41, 5.74) is 6.05. The van der Waals surface area contributed by atoms with E-state index in [1.807, 2.05) is 73.7 Å². The van der Waals surface area contributed by atoms with E-state index in [1.165, 1.54) is 0 Å². The average Bonchev–Trinajstić information content (AvgIpc) is 2.97. The highest BCUT2D eigenvalue weighted by molar-refractivity contribution is 6.14. The Morgan fingerprint density at radius 1 is 0.725 bits per heavy atom. The molecule has 0 saturated heterocycles. The molecule has 0 bridgehead atoms. The SMILES string of the molecule is Cc1ccccc1-c1ccccc1C(=O)Nc1ccccc1C(=O)N(C)c1ccccc1CCCCCC(=O)O. The second kappa shape index (κ2) is 13.4. The fraction of sp³-hybridized carbons (Fsp3) is 0.206. The van der Waals surface area contributed by atoms with E-state index >= 15 is 0 Å². The monoisotopic (exact) mass is 534 g/mol. The van der Waals surface area contributed by atoms with Gasteiger partial charge in [0.25, 0.3) is 11.8 Å². The first-order valence-corrected chi connectivity index (χ1v) is 13.5. The summed E-state index contributed by atoms with van der Waals surface area (Å²) in [6.07, 6.45) is 3.17. The van der Waals surface area contributed by atoms with Gasteiger partial charge in [0.15, 0.2) is 0 Å². The number of carbonyl (C=O) groups is 3. The van der Waals surface area contributed by atoms with Crippen LogP contribution >= 0.6 is 0 Å². The molecule has 0 radical (unpaired) electrons. The summed E-state index contributed by atoms with van der Waals surface area (Å²) in [4.78, 5) is 39.7. The maximum atomic E-state index is 13.7. The molecule has 204 valence electrons. The van der Waals surface area contributed by atoms with Crippen LogP contribution in [0.25, 0.3) is 11.1 Å². The highest BCUT2D eigenvalue weighted by Crippen LogP contribution is 2.29. The molecule has 40 heavy (non-hydrogen) atoms. The van der Waals surface area contributed by atoms with Gasteiger partial charge < -0.3 is 15.3 Å². The number of carbonyl (C=O) groups excluding carboxylic acids is 2. The van der Waals surface area contributed by atoms with Crippen LogP contribution in [-0.4, -0.2) is 29.9 Å². The van der Waals surface area contributed by atoms with E-state index in [-0.39, 0.29) is 18.2 Å². The van der Waals surface area contributed by atoms with Crippen molar-refractivity contribution in [3.63, 3.8) is 0 Å². The Balaban J connectivity index is 1.54. The third-order valence-corrected chi connectivity index (χ3v) is 7.01. The Morgan fingerprint density at radius 3 is 2.10 bits per heavy atom. The van der Waals surface area contributed by atoms with E-state index in [0.29, 0.717) is 23.2 Å². The lowest BCUT2D eigenvalue weighted by molar-refractivity contribution is -0.137. The molecule has 0 heterocycles. The van der Waals surface area contributed by atoms with E-state index < -0.39 is 5.97 Å². The lowest BCUT2D eigenvalue weighted by Gasteiger charge is -2.22. The van der Waals surface area contributed by atoms with Gasteiger partial charge >= 0.3 is 5.97 Å².